The summed E-state index contributed by atoms with van der Waals surface area (Å²) in [4.78, 5) is 28.0. The molecule has 1 fully saturated rings. The molecule has 6 heteroatoms. The SMILES string of the molecule is CN(C)C(=O)N1CCC[C@@H](C(=O)Nc2ccc(OCc3ccccc3)cc2)C1. The maximum absolute atomic E-state index is 12.6. The van der Waals surface area contributed by atoms with E-state index in [9.17, 15) is 9.59 Å². The van der Waals surface area contributed by atoms with Crippen molar-refractivity contribution < 1.29 is 14.3 Å². The summed E-state index contributed by atoms with van der Waals surface area (Å²) in [6.07, 6.45) is 1.63. The number of ether oxygens (including phenoxy) is 1. The summed E-state index contributed by atoms with van der Waals surface area (Å²) in [5, 5.41) is 2.96. The molecule has 1 saturated heterocycles. The van der Waals surface area contributed by atoms with E-state index >= 15 is 0 Å². The Bertz CT molecular complexity index is 790. The Morgan fingerprint density at radius 1 is 1.11 bits per heavy atom. The van der Waals surface area contributed by atoms with E-state index in [4.69, 9.17) is 4.74 Å². The summed E-state index contributed by atoms with van der Waals surface area (Å²) in [5.41, 5.74) is 1.84. The van der Waals surface area contributed by atoms with E-state index in [0.717, 1.165) is 29.8 Å². The van der Waals surface area contributed by atoms with Gasteiger partial charge in [0.25, 0.3) is 0 Å². The van der Waals surface area contributed by atoms with Crippen molar-refractivity contribution in [3.8, 4) is 5.75 Å². The minimum absolute atomic E-state index is 0.0441. The van der Waals surface area contributed by atoms with Crippen molar-refractivity contribution in [2.45, 2.75) is 19.4 Å². The van der Waals surface area contributed by atoms with Gasteiger partial charge in [-0.15, -0.1) is 0 Å². The molecule has 1 atom stereocenters. The van der Waals surface area contributed by atoms with E-state index in [1.54, 1.807) is 23.9 Å². The lowest BCUT2D eigenvalue weighted by Crippen LogP contribution is -2.47. The van der Waals surface area contributed by atoms with Crippen molar-refractivity contribution in [3.05, 3.63) is 60.2 Å². The third kappa shape index (κ3) is 5.25. The lowest BCUT2D eigenvalue weighted by molar-refractivity contribution is -0.121. The maximum Gasteiger partial charge on any atom is 0.319 e. The largest absolute Gasteiger partial charge is 0.489 e. The summed E-state index contributed by atoms with van der Waals surface area (Å²) >= 11 is 0. The zero-order valence-electron chi connectivity index (χ0n) is 16.4. The van der Waals surface area contributed by atoms with Crippen LogP contribution in [0.1, 0.15) is 18.4 Å². The number of benzene rings is 2. The number of piperidine rings is 1. The highest BCUT2D eigenvalue weighted by atomic mass is 16.5. The quantitative estimate of drug-likeness (QED) is 0.861. The molecule has 148 valence electrons. The number of anilines is 1. The van der Waals surface area contributed by atoms with Crippen LogP contribution in [0.15, 0.2) is 54.6 Å². The molecule has 0 aromatic heterocycles. The van der Waals surface area contributed by atoms with Gasteiger partial charge in [-0.1, -0.05) is 30.3 Å². The molecule has 0 spiro atoms. The van der Waals surface area contributed by atoms with Gasteiger partial charge < -0.3 is 19.9 Å². The van der Waals surface area contributed by atoms with Gasteiger partial charge in [-0.3, -0.25) is 4.79 Å². The minimum Gasteiger partial charge on any atom is -0.489 e. The van der Waals surface area contributed by atoms with E-state index < -0.39 is 0 Å². The molecular weight excluding hydrogens is 354 g/mol. The van der Waals surface area contributed by atoms with Gasteiger partial charge in [0.2, 0.25) is 5.91 Å². The third-order valence-corrected chi connectivity index (χ3v) is 4.82. The number of rotatable bonds is 5. The molecule has 0 aliphatic carbocycles. The first kappa shape index (κ1) is 19.7. The van der Waals surface area contributed by atoms with Crippen molar-refractivity contribution in [1.29, 1.82) is 0 Å². The van der Waals surface area contributed by atoms with E-state index in [2.05, 4.69) is 5.32 Å². The van der Waals surface area contributed by atoms with Gasteiger partial charge in [0.05, 0.1) is 5.92 Å². The van der Waals surface area contributed by atoms with Gasteiger partial charge in [0.1, 0.15) is 12.4 Å². The van der Waals surface area contributed by atoms with Gasteiger partial charge in [0, 0.05) is 32.9 Å². The second-order valence-corrected chi connectivity index (χ2v) is 7.25. The molecule has 1 aliphatic rings. The number of likely N-dealkylation sites (tertiary alicyclic amines) is 1. The summed E-state index contributed by atoms with van der Waals surface area (Å²) in [6, 6.07) is 17.3. The third-order valence-electron chi connectivity index (χ3n) is 4.82. The Morgan fingerprint density at radius 3 is 2.50 bits per heavy atom. The van der Waals surface area contributed by atoms with Crippen LogP contribution in [-0.2, 0) is 11.4 Å². The fraction of sp³-hybridized carbons (Fsp3) is 0.364. The van der Waals surface area contributed by atoms with Crippen molar-refractivity contribution in [3.63, 3.8) is 0 Å². The Labute approximate surface area is 166 Å². The summed E-state index contributed by atoms with van der Waals surface area (Å²) in [6.45, 7) is 1.67. The predicted molar refractivity (Wildman–Crippen MR) is 109 cm³/mol. The zero-order valence-corrected chi connectivity index (χ0v) is 16.4. The number of carbonyl (C=O) groups excluding carboxylic acids is 2. The van der Waals surface area contributed by atoms with E-state index in [1.807, 2.05) is 54.6 Å². The fourth-order valence-electron chi connectivity index (χ4n) is 3.27. The van der Waals surface area contributed by atoms with Crippen molar-refractivity contribution in [2.75, 3.05) is 32.5 Å². The van der Waals surface area contributed by atoms with Gasteiger partial charge >= 0.3 is 6.03 Å². The molecule has 1 heterocycles. The molecule has 1 aliphatic heterocycles. The molecule has 28 heavy (non-hydrogen) atoms. The van der Waals surface area contributed by atoms with E-state index in [0.29, 0.717) is 19.7 Å². The van der Waals surface area contributed by atoms with Crippen LogP contribution in [-0.4, -0.2) is 48.9 Å². The summed E-state index contributed by atoms with van der Waals surface area (Å²) in [7, 11) is 3.46. The molecule has 0 bridgehead atoms. The number of carbonyl (C=O) groups is 2. The van der Waals surface area contributed by atoms with Crippen LogP contribution in [0, 0.1) is 5.92 Å². The molecule has 3 amide bonds. The van der Waals surface area contributed by atoms with Gasteiger partial charge in [-0.2, -0.15) is 0 Å². The molecule has 2 aromatic carbocycles. The van der Waals surface area contributed by atoms with Crippen LogP contribution in [0.3, 0.4) is 0 Å². The average Bonchev–Trinajstić information content (AvgIpc) is 2.73. The van der Waals surface area contributed by atoms with E-state index in [-0.39, 0.29) is 17.9 Å². The minimum atomic E-state index is -0.188. The highest BCUT2D eigenvalue weighted by Crippen LogP contribution is 2.21. The fourth-order valence-corrected chi connectivity index (χ4v) is 3.27. The van der Waals surface area contributed by atoms with Crippen LogP contribution >= 0.6 is 0 Å². The number of hydrogen-bond donors (Lipinski definition) is 1. The number of amides is 3. The summed E-state index contributed by atoms with van der Waals surface area (Å²) in [5.74, 6) is 0.517. The highest BCUT2D eigenvalue weighted by molar-refractivity contribution is 5.93. The van der Waals surface area contributed by atoms with Gasteiger partial charge in [0.15, 0.2) is 0 Å². The Balaban J connectivity index is 1.52. The van der Waals surface area contributed by atoms with Gasteiger partial charge in [-0.25, -0.2) is 4.79 Å². The van der Waals surface area contributed by atoms with Crippen LogP contribution < -0.4 is 10.1 Å². The molecular formula is C22H27N3O3. The Hall–Kier alpha value is -3.02. The topological polar surface area (TPSA) is 61.9 Å². The second kappa shape index (κ2) is 9.26. The first-order valence-electron chi connectivity index (χ1n) is 9.57. The van der Waals surface area contributed by atoms with Crippen LogP contribution in [0.5, 0.6) is 5.75 Å². The smallest absolute Gasteiger partial charge is 0.319 e. The number of nitrogens with zero attached hydrogens (tertiary/aromatic N) is 2. The molecule has 6 nitrogen and oxygen atoms in total. The normalized spacial score (nSPS) is 16.4. The summed E-state index contributed by atoms with van der Waals surface area (Å²) < 4.78 is 5.77. The molecule has 0 saturated carbocycles. The van der Waals surface area contributed by atoms with Crippen molar-refractivity contribution in [1.82, 2.24) is 9.80 Å². The molecule has 1 N–H and O–H groups in total. The first-order chi connectivity index (χ1) is 13.5. The lowest BCUT2D eigenvalue weighted by atomic mass is 9.97. The average molecular weight is 381 g/mol. The van der Waals surface area contributed by atoms with Gasteiger partial charge in [-0.05, 0) is 42.7 Å². The first-order valence-corrected chi connectivity index (χ1v) is 9.57. The van der Waals surface area contributed by atoms with Crippen molar-refractivity contribution in [2.24, 2.45) is 5.92 Å². The Morgan fingerprint density at radius 2 is 1.82 bits per heavy atom. The number of nitrogens with one attached hydrogen (secondary N) is 1. The molecule has 0 unspecified atom stereocenters. The molecule has 3 rings (SSSR count). The highest BCUT2D eigenvalue weighted by Gasteiger charge is 2.29. The van der Waals surface area contributed by atoms with Crippen LogP contribution in [0.4, 0.5) is 10.5 Å². The van der Waals surface area contributed by atoms with Crippen molar-refractivity contribution >= 4 is 17.6 Å². The zero-order chi connectivity index (χ0) is 19.9. The lowest BCUT2D eigenvalue weighted by Gasteiger charge is -2.33. The monoisotopic (exact) mass is 381 g/mol. The standard InChI is InChI=1S/C22H27N3O3/c1-24(2)22(27)25-14-6-9-18(15-25)21(26)23-19-10-12-20(13-11-19)28-16-17-7-4-3-5-8-17/h3-5,7-8,10-13,18H,6,9,14-16H2,1-2H3,(H,23,26)/t18-/m1/s1. The number of hydrogen-bond acceptors (Lipinski definition) is 3. The predicted octanol–water partition coefficient (Wildman–Crippen LogP) is 3.60. The van der Waals surface area contributed by atoms with Crippen LogP contribution in [0.2, 0.25) is 0 Å². The maximum atomic E-state index is 12.6. The van der Waals surface area contributed by atoms with Crippen LogP contribution in [0.25, 0.3) is 0 Å². The van der Waals surface area contributed by atoms with E-state index in [1.165, 1.54) is 0 Å². The second-order valence-electron chi connectivity index (χ2n) is 7.25. The molecule has 2 aromatic rings. The number of urea groups is 1. The Kier molecular flexibility index (Phi) is 6.53. The molecule has 0 radical (unpaired) electrons.